The molecule has 1 heterocycles. The van der Waals surface area contributed by atoms with Crippen LogP contribution in [-0.2, 0) is 19.1 Å². The second-order valence-corrected chi connectivity index (χ2v) is 7.02. The zero-order valence-corrected chi connectivity index (χ0v) is 16.6. The summed E-state index contributed by atoms with van der Waals surface area (Å²) < 4.78 is 15.3. The van der Waals surface area contributed by atoms with Crippen LogP contribution in [0.2, 0.25) is 0 Å². The predicted molar refractivity (Wildman–Crippen MR) is 103 cm³/mol. The third-order valence-electron chi connectivity index (χ3n) is 3.28. The van der Waals surface area contributed by atoms with E-state index in [-0.39, 0.29) is 24.9 Å². The van der Waals surface area contributed by atoms with Gasteiger partial charge in [0.1, 0.15) is 5.60 Å². The number of nitrogens with zero attached hydrogens (tertiary/aromatic N) is 2. The molecule has 0 saturated heterocycles. The number of rotatable bonds is 8. The molecule has 1 aromatic carbocycles. The van der Waals surface area contributed by atoms with Crippen LogP contribution in [0.15, 0.2) is 34.7 Å². The van der Waals surface area contributed by atoms with Crippen molar-refractivity contribution in [2.75, 3.05) is 18.5 Å². The van der Waals surface area contributed by atoms with E-state index in [1.54, 1.807) is 32.9 Å². The molecule has 0 bridgehead atoms. The monoisotopic (exact) mass is 404 g/mol. The molecular weight excluding hydrogens is 380 g/mol. The number of hydrogen-bond donors (Lipinski definition) is 2. The number of ether oxygens (including phenoxy) is 2. The Balaban J connectivity index is 1.63. The van der Waals surface area contributed by atoms with E-state index in [4.69, 9.17) is 13.9 Å². The number of amides is 2. The highest BCUT2D eigenvalue weighted by Gasteiger charge is 2.16. The molecule has 156 valence electrons. The van der Waals surface area contributed by atoms with Gasteiger partial charge in [-0.05, 0) is 39.3 Å². The Morgan fingerprint density at radius 2 is 1.83 bits per heavy atom. The first kappa shape index (κ1) is 21.9. The number of nitrogens with one attached hydrogen (secondary N) is 2. The number of esters is 1. The van der Waals surface area contributed by atoms with Gasteiger partial charge in [-0.3, -0.25) is 14.9 Å². The largest absolute Gasteiger partial charge is 0.456 e. The van der Waals surface area contributed by atoms with Crippen molar-refractivity contribution < 1.29 is 28.3 Å². The average molecular weight is 404 g/mol. The smallest absolute Gasteiger partial charge is 0.407 e. The first-order valence-electron chi connectivity index (χ1n) is 9.04. The molecule has 0 unspecified atom stereocenters. The van der Waals surface area contributed by atoms with Gasteiger partial charge in [0.15, 0.2) is 6.61 Å². The molecule has 0 aliphatic rings. The topological polar surface area (TPSA) is 133 Å². The molecule has 2 rings (SSSR count). The molecule has 10 nitrogen and oxygen atoms in total. The van der Waals surface area contributed by atoms with Crippen molar-refractivity contribution in [3.8, 4) is 11.5 Å². The second-order valence-electron chi connectivity index (χ2n) is 7.02. The molecular formula is C19H24N4O6. The van der Waals surface area contributed by atoms with Crippen molar-refractivity contribution in [3.05, 3.63) is 30.3 Å². The molecule has 0 aliphatic heterocycles. The summed E-state index contributed by atoms with van der Waals surface area (Å²) in [5, 5.41) is 12.5. The van der Waals surface area contributed by atoms with Gasteiger partial charge in [0.25, 0.3) is 5.91 Å². The van der Waals surface area contributed by atoms with Crippen molar-refractivity contribution in [3.63, 3.8) is 0 Å². The van der Waals surface area contributed by atoms with Crippen LogP contribution in [0.25, 0.3) is 11.5 Å². The van der Waals surface area contributed by atoms with E-state index >= 15 is 0 Å². The molecule has 29 heavy (non-hydrogen) atoms. The molecule has 0 saturated carbocycles. The first-order valence-corrected chi connectivity index (χ1v) is 9.04. The molecule has 2 aromatic rings. The van der Waals surface area contributed by atoms with Crippen molar-refractivity contribution in [2.24, 2.45) is 0 Å². The fraction of sp³-hybridized carbons (Fsp3) is 0.421. The zero-order chi connectivity index (χ0) is 21.3. The Morgan fingerprint density at radius 3 is 2.52 bits per heavy atom. The van der Waals surface area contributed by atoms with Gasteiger partial charge in [-0.25, -0.2) is 4.79 Å². The lowest BCUT2D eigenvalue weighted by Crippen LogP contribution is -2.33. The third-order valence-corrected chi connectivity index (χ3v) is 3.28. The summed E-state index contributed by atoms with van der Waals surface area (Å²) >= 11 is 0. The highest BCUT2D eigenvalue weighted by Crippen LogP contribution is 2.18. The average Bonchev–Trinajstić information content (AvgIpc) is 3.11. The van der Waals surface area contributed by atoms with Gasteiger partial charge in [0, 0.05) is 18.5 Å². The Hall–Kier alpha value is -3.43. The van der Waals surface area contributed by atoms with Crippen molar-refractivity contribution in [1.82, 2.24) is 15.5 Å². The summed E-state index contributed by atoms with van der Waals surface area (Å²) in [6.45, 7) is 5.03. The van der Waals surface area contributed by atoms with E-state index in [9.17, 15) is 14.4 Å². The van der Waals surface area contributed by atoms with Crippen LogP contribution in [0.4, 0.5) is 10.8 Å². The van der Waals surface area contributed by atoms with Crippen LogP contribution in [0.5, 0.6) is 0 Å². The molecule has 0 radical (unpaired) electrons. The summed E-state index contributed by atoms with van der Waals surface area (Å²) in [5.74, 6) is -0.912. The summed E-state index contributed by atoms with van der Waals surface area (Å²) in [4.78, 5) is 35.0. The van der Waals surface area contributed by atoms with Crippen LogP contribution < -0.4 is 10.6 Å². The minimum atomic E-state index is -0.603. The Bertz CT molecular complexity index is 829. The summed E-state index contributed by atoms with van der Waals surface area (Å²) in [6, 6.07) is 8.98. The van der Waals surface area contributed by atoms with E-state index < -0.39 is 30.2 Å². The van der Waals surface area contributed by atoms with E-state index in [2.05, 4.69) is 20.8 Å². The molecule has 0 fully saturated rings. The van der Waals surface area contributed by atoms with E-state index in [0.717, 1.165) is 0 Å². The van der Waals surface area contributed by atoms with Crippen LogP contribution >= 0.6 is 0 Å². The third kappa shape index (κ3) is 8.41. The van der Waals surface area contributed by atoms with E-state index in [1.807, 2.05) is 18.2 Å². The molecule has 1 aromatic heterocycles. The number of aromatic nitrogens is 2. The molecule has 2 amide bonds. The summed E-state index contributed by atoms with van der Waals surface area (Å²) in [5.41, 5.74) is 0.128. The van der Waals surface area contributed by atoms with Crippen molar-refractivity contribution >= 4 is 24.0 Å². The SMILES string of the molecule is CC(C)(C)OC(=O)NCCCC(=O)OCC(=O)Nc1nnc(-c2ccccc2)o1. The highest BCUT2D eigenvalue weighted by molar-refractivity contribution is 5.90. The maximum absolute atomic E-state index is 11.8. The Kier molecular flexibility index (Phi) is 7.70. The van der Waals surface area contributed by atoms with Gasteiger partial charge in [0.05, 0.1) is 0 Å². The van der Waals surface area contributed by atoms with Crippen LogP contribution in [0.3, 0.4) is 0 Å². The molecule has 0 aliphatic carbocycles. The highest BCUT2D eigenvalue weighted by atomic mass is 16.6. The van der Waals surface area contributed by atoms with Crippen molar-refractivity contribution in [2.45, 2.75) is 39.2 Å². The lowest BCUT2D eigenvalue weighted by atomic mass is 10.2. The second kappa shape index (κ2) is 10.2. The molecule has 0 spiro atoms. The summed E-state index contributed by atoms with van der Waals surface area (Å²) in [7, 11) is 0. The number of alkyl carbamates (subject to hydrolysis) is 1. The lowest BCUT2D eigenvalue weighted by Gasteiger charge is -2.19. The zero-order valence-electron chi connectivity index (χ0n) is 16.6. The molecule has 10 heteroatoms. The Labute approximate surface area is 168 Å². The first-order chi connectivity index (χ1) is 13.7. The van der Waals surface area contributed by atoms with E-state index in [1.165, 1.54) is 0 Å². The Morgan fingerprint density at radius 1 is 1.10 bits per heavy atom. The maximum atomic E-state index is 11.8. The van der Waals surface area contributed by atoms with Crippen LogP contribution in [-0.4, -0.2) is 46.9 Å². The number of anilines is 1. The van der Waals surface area contributed by atoms with Crippen LogP contribution in [0, 0.1) is 0 Å². The number of carbonyl (C=O) groups is 3. The molecule has 0 atom stereocenters. The number of hydrogen-bond acceptors (Lipinski definition) is 8. The van der Waals surface area contributed by atoms with Gasteiger partial charge in [-0.1, -0.05) is 23.3 Å². The standard InChI is InChI=1S/C19H24N4O6/c1-19(2,3)29-18(26)20-11-7-10-15(25)27-12-14(24)21-17-23-22-16(28-17)13-8-5-4-6-9-13/h4-6,8-9H,7,10-12H2,1-3H3,(H,20,26)(H,21,23,24). The van der Waals surface area contributed by atoms with Gasteiger partial charge in [0.2, 0.25) is 5.89 Å². The van der Waals surface area contributed by atoms with Gasteiger partial charge in [-0.15, -0.1) is 5.10 Å². The normalized spacial score (nSPS) is 10.9. The minimum Gasteiger partial charge on any atom is -0.456 e. The maximum Gasteiger partial charge on any atom is 0.407 e. The number of carbonyl (C=O) groups excluding carboxylic acids is 3. The quantitative estimate of drug-likeness (QED) is 0.506. The van der Waals surface area contributed by atoms with Gasteiger partial charge >= 0.3 is 18.1 Å². The van der Waals surface area contributed by atoms with E-state index in [0.29, 0.717) is 12.0 Å². The molecule has 2 N–H and O–H groups in total. The fourth-order valence-electron chi connectivity index (χ4n) is 2.08. The van der Waals surface area contributed by atoms with Gasteiger partial charge in [-0.2, -0.15) is 0 Å². The lowest BCUT2D eigenvalue weighted by molar-refractivity contribution is -0.147. The minimum absolute atomic E-state index is 0.0434. The van der Waals surface area contributed by atoms with Crippen molar-refractivity contribution in [1.29, 1.82) is 0 Å². The number of benzene rings is 1. The van der Waals surface area contributed by atoms with Crippen LogP contribution in [0.1, 0.15) is 33.6 Å². The van der Waals surface area contributed by atoms with Gasteiger partial charge < -0.3 is 19.2 Å². The predicted octanol–water partition coefficient (Wildman–Crippen LogP) is 2.52. The summed E-state index contributed by atoms with van der Waals surface area (Å²) in [6.07, 6.45) is -0.161. The fourth-order valence-corrected chi connectivity index (χ4v) is 2.08.